The van der Waals surface area contributed by atoms with Gasteiger partial charge in [-0.15, -0.1) is 0 Å². The number of carbonyl (C=O) groups excluding carboxylic acids is 3. The summed E-state index contributed by atoms with van der Waals surface area (Å²) in [6.45, 7) is 3.98. The molecule has 0 radical (unpaired) electrons. The van der Waals surface area contributed by atoms with Crippen molar-refractivity contribution < 1.29 is 14.4 Å². The van der Waals surface area contributed by atoms with Gasteiger partial charge in [0.15, 0.2) is 0 Å². The van der Waals surface area contributed by atoms with Gasteiger partial charge in [-0.25, -0.2) is 0 Å². The summed E-state index contributed by atoms with van der Waals surface area (Å²) in [5.41, 5.74) is 3.97. The molecule has 0 spiro atoms. The molecule has 31 heavy (non-hydrogen) atoms. The monoisotopic (exact) mass is 412 g/mol. The highest BCUT2D eigenvalue weighted by atomic mass is 16.2. The first-order valence-corrected chi connectivity index (χ1v) is 11.0. The Hall–Kier alpha value is -3.21. The summed E-state index contributed by atoms with van der Waals surface area (Å²) in [5.74, 6) is 0.813. The second-order valence-corrected chi connectivity index (χ2v) is 9.41. The van der Waals surface area contributed by atoms with E-state index >= 15 is 0 Å². The fourth-order valence-electron chi connectivity index (χ4n) is 6.05. The molecular formula is C26H24N2O3. The third-order valence-corrected chi connectivity index (χ3v) is 7.90. The lowest BCUT2D eigenvalue weighted by Crippen LogP contribution is -2.40. The second kappa shape index (κ2) is 6.39. The Morgan fingerprint density at radius 1 is 0.903 bits per heavy atom. The Bertz CT molecular complexity index is 1130. The van der Waals surface area contributed by atoms with Gasteiger partial charge in [0.25, 0.3) is 5.91 Å². The largest absolute Gasteiger partial charge is 0.322 e. The van der Waals surface area contributed by atoms with Crippen molar-refractivity contribution >= 4 is 29.1 Å². The molecule has 0 aromatic heterocycles. The van der Waals surface area contributed by atoms with Crippen LogP contribution in [0.4, 0.5) is 11.4 Å². The number of rotatable bonds is 3. The SMILES string of the molecule is Cc1cccc(NC(=O)c2ccc(N3C(=O)[C@@H]4[C@H]5C=C[C@@H]([C@@H]6C[C@@H]56)[C@H]4C3=O)cc2)c1C. The lowest BCUT2D eigenvalue weighted by Gasteiger charge is -2.37. The van der Waals surface area contributed by atoms with Crippen molar-refractivity contribution in [1.82, 2.24) is 0 Å². The molecule has 3 fully saturated rings. The molecule has 5 aliphatic rings. The van der Waals surface area contributed by atoms with E-state index in [1.165, 1.54) is 4.90 Å². The summed E-state index contributed by atoms with van der Waals surface area (Å²) in [6, 6.07) is 12.6. The van der Waals surface area contributed by atoms with Crippen LogP contribution in [0.25, 0.3) is 0 Å². The van der Waals surface area contributed by atoms with Crippen LogP contribution >= 0.6 is 0 Å². The normalized spacial score (nSPS) is 32.1. The number of aryl methyl sites for hydroxylation is 1. The topological polar surface area (TPSA) is 66.5 Å². The van der Waals surface area contributed by atoms with Crippen LogP contribution in [0.15, 0.2) is 54.6 Å². The number of amides is 3. The third kappa shape index (κ3) is 2.59. The molecule has 2 bridgehead atoms. The zero-order valence-corrected chi connectivity index (χ0v) is 17.5. The average Bonchev–Trinajstić information content (AvgIpc) is 3.55. The van der Waals surface area contributed by atoms with Gasteiger partial charge in [0.1, 0.15) is 0 Å². The summed E-state index contributed by atoms with van der Waals surface area (Å²) in [7, 11) is 0. The number of hydrogen-bond donors (Lipinski definition) is 1. The fraction of sp³-hybridized carbons (Fsp3) is 0.346. The fourth-order valence-corrected chi connectivity index (χ4v) is 6.05. The number of nitrogens with one attached hydrogen (secondary N) is 1. The zero-order valence-electron chi connectivity index (χ0n) is 17.5. The number of carbonyl (C=O) groups is 3. The molecule has 2 saturated carbocycles. The lowest BCUT2D eigenvalue weighted by molar-refractivity contribution is -0.124. The van der Waals surface area contributed by atoms with Crippen molar-refractivity contribution in [2.75, 3.05) is 10.2 Å². The molecule has 4 aliphatic carbocycles. The van der Waals surface area contributed by atoms with E-state index in [1.807, 2.05) is 32.0 Å². The first-order valence-electron chi connectivity index (χ1n) is 11.0. The van der Waals surface area contributed by atoms with Crippen molar-refractivity contribution in [3.63, 3.8) is 0 Å². The number of nitrogens with zero attached hydrogens (tertiary/aromatic N) is 1. The minimum Gasteiger partial charge on any atom is -0.322 e. The predicted molar refractivity (Wildman–Crippen MR) is 118 cm³/mol. The Labute approximate surface area is 181 Å². The zero-order chi connectivity index (χ0) is 21.4. The Kier molecular flexibility index (Phi) is 3.83. The van der Waals surface area contributed by atoms with E-state index < -0.39 is 0 Å². The van der Waals surface area contributed by atoms with Crippen LogP contribution in [0.5, 0.6) is 0 Å². The molecule has 7 rings (SSSR count). The van der Waals surface area contributed by atoms with Crippen molar-refractivity contribution in [2.24, 2.45) is 35.5 Å². The molecule has 2 aromatic carbocycles. The Morgan fingerprint density at radius 2 is 1.52 bits per heavy atom. The molecule has 2 aromatic rings. The van der Waals surface area contributed by atoms with E-state index in [0.29, 0.717) is 23.1 Å². The number of imide groups is 1. The predicted octanol–water partition coefficient (Wildman–Crippen LogP) is 4.11. The summed E-state index contributed by atoms with van der Waals surface area (Å²) < 4.78 is 0. The molecule has 156 valence electrons. The van der Waals surface area contributed by atoms with Gasteiger partial charge in [-0.1, -0.05) is 24.3 Å². The molecule has 3 amide bonds. The average molecular weight is 412 g/mol. The Morgan fingerprint density at radius 3 is 2.13 bits per heavy atom. The maximum Gasteiger partial charge on any atom is 0.255 e. The highest BCUT2D eigenvalue weighted by Crippen LogP contribution is 2.65. The number of benzene rings is 2. The van der Waals surface area contributed by atoms with Crippen LogP contribution < -0.4 is 10.2 Å². The maximum absolute atomic E-state index is 13.2. The van der Waals surface area contributed by atoms with E-state index in [2.05, 4.69) is 17.5 Å². The summed E-state index contributed by atoms with van der Waals surface area (Å²) in [6.07, 6.45) is 5.50. The van der Waals surface area contributed by atoms with Crippen LogP contribution in [0.2, 0.25) is 0 Å². The van der Waals surface area contributed by atoms with Gasteiger partial charge < -0.3 is 5.32 Å². The van der Waals surface area contributed by atoms with E-state index in [1.54, 1.807) is 24.3 Å². The first-order chi connectivity index (χ1) is 15.0. The molecule has 0 unspecified atom stereocenters. The van der Waals surface area contributed by atoms with E-state index in [0.717, 1.165) is 23.2 Å². The molecular weight excluding hydrogens is 388 g/mol. The standard InChI is InChI=1S/C26H24N2O3/c1-13-4-3-5-21(14(13)2)27-24(29)15-6-8-16(9-7-15)28-25(30)22-17-10-11-18(20-12-19(17)20)23(22)26(28)31/h3-11,17-20,22-23H,12H2,1-2H3,(H,27,29)/t17-,18-,19-,20-,22+,23+/m0/s1. The van der Waals surface area contributed by atoms with E-state index in [4.69, 9.17) is 0 Å². The van der Waals surface area contributed by atoms with Crippen LogP contribution in [0, 0.1) is 49.4 Å². The molecule has 1 aliphatic heterocycles. The van der Waals surface area contributed by atoms with Crippen LogP contribution in [0.1, 0.15) is 27.9 Å². The molecule has 1 saturated heterocycles. The Balaban J connectivity index is 1.24. The van der Waals surface area contributed by atoms with Crippen molar-refractivity contribution in [1.29, 1.82) is 0 Å². The van der Waals surface area contributed by atoms with Crippen molar-refractivity contribution in [3.8, 4) is 0 Å². The van der Waals surface area contributed by atoms with Crippen molar-refractivity contribution in [2.45, 2.75) is 20.3 Å². The molecule has 6 atom stereocenters. The van der Waals surface area contributed by atoms with Gasteiger partial charge >= 0.3 is 0 Å². The van der Waals surface area contributed by atoms with Crippen molar-refractivity contribution in [3.05, 3.63) is 71.3 Å². The molecule has 5 heteroatoms. The number of hydrogen-bond acceptors (Lipinski definition) is 3. The molecule has 1 N–H and O–H groups in total. The lowest BCUT2D eigenvalue weighted by atomic mass is 9.63. The second-order valence-electron chi connectivity index (χ2n) is 9.41. The highest BCUT2D eigenvalue weighted by molar-refractivity contribution is 6.22. The number of allylic oxidation sites excluding steroid dienone is 2. The van der Waals surface area contributed by atoms with Gasteiger partial charge in [-0.2, -0.15) is 0 Å². The smallest absolute Gasteiger partial charge is 0.255 e. The summed E-state index contributed by atoms with van der Waals surface area (Å²) >= 11 is 0. The third-order valence-electron chi connectivity index (χ3n) is 7.90. The van der Waals surface area contributed by atoms with Gasteiger partial charge in [-0.05, 0) is 85.4 Å². The summed E-state index contributed by atoms with van der Waals surface area (Å²) in [5, 5.41) is 2.95. The minimum absolute atomic E-state index is 0.0766. The van der Waals surface area contributed by atoms with Gasteiger partial charge in [0.05, 0.1) is 17.5 Å². The van der Waals surface area contributed by atoms with Gasteiger partial charge in [0.2, 0.25) is 11.8 Å². The maximum atomic E-state index is 13.2. The molecule has 1 heterocycles. The van der Waals surface area contributed by atoms with Gasteiger partial charge in [-0.3, -0.25) is 19.3 Å². The minimum atomic E-state index is -0.213. The summed E-state index contributed by atoms with van der Waals surface area (Å²) in [4.78, 5) is 40.5. The van der Waals surface area contributed by atoms with Crippen LogP contribution in [-0.4, -0.2) is 17.7 Å². The first kappa shape index (κ1) is 18.6. The van der Waals surface area contributed by atoms with Crippen LogP contribution in [-0.2, 0) is 9.59 Å². The van der Waals surface area contributed by atoms with Gasteiger partial charge in [0, 0.05) is 11.3 Å². The van der Waals surface area contributed by atoms with E-state index in [-0.39, 0.29) is 41.4 Å². The van der Waals surface area contributed by atoms with E-state index in [9.17, 15) is 14.4 Å². The van der Waals surface area contributed by atoms with Crippen LogP contribution in [0.3, 0.4) is 0 Å². The quantitative estimate of drug-likeness (QED) is 0.609. The number of anilines is 2. The highest BCUT2D eigenvalue weighted by Gasteiger charge is 2.67. The molecule has 5 nitrogen and oxygen atoms in total.